The molecule has 4 atom stereocenters. The van der Waals surface area contributed by atoms with Crippen molar-refractivity contribution >= 4 is 5.91 Å². The molecule has 0 aromatic carbocycles. The lowest BCUT2D eigenvalue weighted by atomic mass is 9.94. The highest BCUT2D eigenvalue weighted by molar-refractivity contribution is 5.79. The summed E-state index contributed by atoms with van der Waals surface area (Å²) in [7, 11) is 0. The molecule has 0 aliphatic carbocycles. The molecule has 0 aromatic heterocycles. The highest BCUT2D eigenvalue weighted by Crippen LogP contribution is 2.15. The van der Waals surface area contributed by atoms with Gasteiger partial charge in [0, 0.05) is 18.6 Å². The van der Waals surface area contributed by atoms with Crippen molar-refractivity contribution in [2.45, 2.75) is 65.5 Å². The second-order valence-corrected chi connectivity index (χ2v) is 5.74. The molecule has 1 aliphatic rings. The molecular weight excluding hydrogens is 212 g/mol. The van der Waals surface area contributed by atoms with Gasteiger partial charge in [-0.25, -0.2) is 0 Å². The van der Waals surface area contributed by atoms with Gasteiger partial charge in [-0.3, -0.25) is 4.79 Å². The number of hydrogen-bond acceptors (Lipinski definition) is 2. The fourth-order valence-electron chi connectivity index (χ4n) is 2.41. The van der Waals surface area contributed by atoms with Gasteiger partial charge in [-0.1, -0.05) is 20.3 Å². The Morgan fingerprint density at radius 2 is 2.12 bits per heavy atom. The molecule has 0 spiro atoms. The van der Waals surface area contributed by atoms with Crippen LogP contribution in [-0.4, -0.2) is 24.5 Å². The van der Waals surface area contributed by atoms with Crippen LogP contribution in [0.15, 0.2) is 0 Å². The Balaban J connectivity index is 2.28. The van der Waals surface area contributed by atoms with E-state index in [9.17, 15) is 4.79 Å². The van der Waals surface area contributed by atoms with Gasteiger partial charge in [-0.2, -0.15) is 0 Å². The Morgan fingerprint density at radius 3 is 2.65 bits per heavy atom. The zero-order valence-corrected chi connectivity index (χ0v) is 11.8. The van der Waals surface area contributed by atoms with E-state index < -0.39 is 0 Å². The van der Waals surface area contributed by atoms with E-state index in [-0.39, 0.29) is 11.8 Å². The lowest BCUT2D eigenvalue weighted by molar-refractivity contribution is -0.126. The molecule has 3 nitrogen and oxygen atoms in total. The number of hydrogen-bond donors (Lipinski definition) is 2. The third kappa shape index (κ3) is 5.07. The molecule has 0 bridgehead atoms. The summed E-state index contributed by atoms with van der Waals surface area (Å²) in [5, 5.41) is 6.53. The monoisotopic (exact) mass is 240 g/mol. The van der Waals surface area contributed by atoms with Crippen LogP contribution in [0.3, 0.4) is 0 Å². The van der Waals surface area contributed by atoms with Gasteiger partial charge in [0.05, 0.1) is 5.92 Å². The summed E-state index contributed by atoms with van der Waals surface area (Å²) in [5.41, 5.74) is 0. The van der Waals surface area contributed by atoms with Gasteiger partial charge in [0.25, 0.3) is 0 Å². The molecule has 1 heterocycles. The van der Waals surface area contributed by atoms with E-state index in [2.05, 4.69) is 38.3 Å². The largest absolute Gasteiger partial charge is 0.353 e. The van der Waals surface area contributed by atoms with E-state index >= 15 is 0 Å². The van der Waals surface area contributed by atoms with Crippen molar-refractivity contribution in [1.82, 2.24) is 10.6 Å². The van der Waals surface area contributed by atoms with Gasteiger partial charge in [0.2, 0.25) is 5.91 Å². The molecule has 0 aromatic rings. The average Bonchev–Trinajstić information content (AvgIpc) is 2.29. The van der Waals surface area contributed by atoms with Crippen LogP contribution in [0.2, 0.25) is 0 Å². The van der Waals surface area contributed by atoms with Gasteiger partial charge >= 0.3 is 0 Å². The third-order valence-electron chi connectivity index (χ3n) is 3.87. The second kappa shape index (κ2) is 7.00. The maximum Gasteiger partial charge on any atom is 0.224 e. The molecule has 1 fully saturated rings. The van der Waals surface area contributed by atoms with Crippen LogP contribution in [0.5, 0.6) is 0 Å². The smallest absolute Gasteiger partial charge is 0.224 e. The van der Waals surface area contributed by atoms with E-state index in [1.165, 1.54) is 6.42 Å². The van der Waals surface area contributed by atoms with Crippen LogP contribution >= 0.6 is 0 Å². The summed E-state index contributed by atoms with van der Waals surface area (Å²) in [6.45, 7) is 9.57. The van der Waals surface area contributed by atoms with Gasteiger partial charge in [-0.15, -0.1) is 0 Å². The number of rotatable bonds is 5. The summed E-state index contributed by atoms with van der Waals surface area (Å²) >= 11 is 0. The minimum absolute atomic E-state index is 0.172. The first kappa shape index (κ1) is 14.5. The first-order valence-corrected chi connectivity index (χ1v) is 7.06. The topological polar surface area (TPSA) is 41.1 Å². The Kier molecular flexibility index (Phi) is 5.96. The molecule has 17 heavy (non-hydrogen) atoms. The predicted molar refractivity (Wildman–Crippen MR) is 71.9 cm³/mol. The Hall–Kier alpha value is -0.570. The summed E-state index contributed by atoms with van der Waals surface area (Å²) in [6, 6.07) is 0.869. The van der Waals surface area contributed by atoms with Crippen molar-refractivity contribution in [1.29, 1.82) is 0 Å². The molecule has 1 rings (SSSR count). The fourth-order valence-corrected chi connectivity index (χ4v) is 2.41. The Labute approximate surface area is 106 Å². The van der Waals surface area contributed by atoms with Crippen molar-refractivity contribution in [2.75, 3.05) is 6.54 Å². The maximum atomic E-state index is 12.0. The molecule has 0 radical (unpaired) electrons. The molecule has 1 amide bonds. The third-order valence-corrected chi connectivity index (χ3v) is 3.87. The summed E-state index contributed by atoms with van der Waals surface area (Å²) in [5.74, 6) is 1.10. The van der Waals surface area contributed by atoms with Crippen LogP contribution in [-0.2, 0) is 4.79 Å². The van der Waals surface area contributed by atoms with Crippen LogP contribution in [0.4, 0.5) is 0 Å². The van der Waals surface area contributed by atoms with E-state index in [1.807, 2.05) is 0 Å². The van der Waals surface area contributed by atoms with Gasteiger partial charge in [0.1, 0.15) is 0 Å². The number of carbonyl (C=O) groups excluding carboxylic acids is 1. The molecule has 1 aliphatic heterocycles. The quantitative estimate of drug-likeness (QED) is 0.774. The summed E-state index contributed by atoms with van der Waals surface area (Å²) in [4.78, 5) is 12.0. The van der Waals surface area contributed by atoms with Crippen molar-refractivity contribution in [3.8, 4) is 0 Å². The van der Waals surface area contributed by atoms with E-state index in [1.54, 1.807) is 0 Å². The van der Waals surface area contributed by atoms with Crippen molar-refractivity contribution in [3.63, 3.8) is 0 Å². The second-order valence-electron chi connectivity index (χ2n) is 5.74. The standard InChI is InChI=1S/C14H28N2O/c1-5-10(2)8-12(4)16-14(17)13-7-6-11(3)15-9-13/h10-13,15H,5-9H2,1-4H3,(H,16,17). The first-order chi connectivity index (χ1) is 8.02. The Bertz CT molecular complexity index is 234. The van der Waals surface area contributed by atoms with Crippen LogP contribution in [0, 0.1) is 11.8 Å². The average molecular weight is 240 g/mol. The number of amides is 1. The van der Waals surface area contributed by atoms with Crippen molar-refractivity contribution in [2.24, 2.45) is 11.8 Å². The Morgan fingerprint density at radius 1 is 1.41 bits per heavy atom. The molecular formula is C14H28N2O. The van der Waals surface area contributed by atoms with E-state index in [0.717, 1.165) is 25.8 Å². The highest BCUT2D eigenvalue weighted by Gasteiger charge is 2.24. The zero-order chi connectivity index (χ0) is 12.8. The molecule has 100 valence electrons. The lowest BCUT2D eigenvalue weighted by Crippen LogP contribution is -2.46. The van der Waals surface area contributed by atoms with Crippen LogP contribution in [0.1, 0.15) is 53.4 Å². The van der Waals surface area contributed by atoms with Crippen molar-refractivity contribution in [3.05, 3.63) is 0 Å². The maximum absolute atomic E-state index is 12.0. The molecule has 1 saturated heterocycles. The van der Waals surface area contributed by atoms with E-state index in [4.69, 9.17) is 0 Å². The lowest BCUT2D eigenvalue weighted by Gasteiger charge is -2.28. The SMILES string of the molecule is CCC(C)CC(C)NC(=O)C1CCC(C)NC1. The van der Waals surface area contributed by atoms with E-state index in [0.29, 0.717) is 18.0 Å². The highest BCUT2D eigenvalue weighted by atomic mass is 16.1. The molecule has 3 heteroatoms. The molecule has 4 unspecified atom stereocenters. The van der Waals surface area contributed by atoms with Crippen molar-refractivity contribution < 1.29 is 4.79 Å². The number of nitrogens with one attached hydrogen (secondary N) is 2. The minimum atomic E-state index is 0.172. The summed E-state index contributed by atoms with van der Waals surface area (Å²) in [6.07, 6.45) is 4.40. The first-order valence-electron chi connectivity index (χ1n) is 7.06. The van der Waals surface area contributed by atoms with Gasteiger partial charge in [-0.05, 0) is 39.0 Å². The number of carbonyl (C=O) groups is 1. The zero-order valence-electron chi connectivity index (χ0n) is 11.8. The number of piperidine rings is 1. The normalized spacial score (nSPS) is 28.5. The minimum Gasteiger partial charge on any atom is -0.353 e. The summed E-state index contributed by atoms with van der Waals surface area (Å²) < 4.78 is 0. The van der Waals surface area contributed by atoms with Crippen LogP contribution < -0.4 is 10.6 Å². The van der Waals surface area contributed by atoms with Crippen LogP contribution in [0.25, 0.3) is 0 Å². The molecule has 0 saturated carbocycles. The fraction of sp³-hybridized carbons (Fsp3) is 0.929. The molecule has 2 N–H and O–H groups in total. The van der Waals surface area contributed by atoms with Gasteiger partial charge in [0.15, 0.2) is 0 Å². The predicted octanol–water partition coefficient (Wildman–Crippen LogP) is 2.32. The van der Waals surface area contributed by atoms with Gasteiger partial charge < -0.3 is 10.6 Å².